The van der Waals surface area contributed by atoms with E-state index >= 15 is 0 Å². The van der Waals surface area contributed by atoms with Gasteiger partial charge in [-0.05, 0) is 40.0 Å². The number of hydrogen-bond donors (Lipinski definition) is 0. The van der Waals surface area contributed by atoms with Crippen LogP contribution >= 0.6 is 0 Å². The molecule has 0 amide bonds. The normalized spacial score (nSPS) is 23.2. The van der Waals surface area contributed by atoms with Crippen molar-refractivity contribution >= 4 is 8.80 Å². The van der Waals surface area contributed by atoms with Crippen LogP contribution in [0.3, 0.4) is 0 Å². The molecule has 5 atom stereocenters. The van der Waals surface area contributed by atoms with Crippen molar-refractivity contribution in [3.05, 3.63) is 0 Å². The first kappa shape index (κ1) is 29.8. The Hall–Kier alpha value is -0.183. The van der Waals surface area contributed by atoms with Gasteiger partial charge in [0.2, 0.25) is 0 Å². The van der Waals surface area contributed by atoms with Crippen molar-refractivity contribution in [1.82, 2.24) is 0 Å². The van der Waals surface area contributed by atoms with E-state index in [1.54, 1.807) is 42.1 Å². The third-order valence-corrected chi connectivity index (χ3v) is 8.39. The quantitative estimate of drug-likeness (QED) is 0.225. The lowest BCUT2D eigenvalue weighted by Crippen LogP contribution is -2.62. The van der Waals surface area contributed by atoms with Gasteiger partial charge in [-0.1, -0.05) is 20.8 Å². The van der Waals surface area contributed by atoms with Gasteiger partial charge < -0.3 is 41.7 Å². The molecule has 5 unspecified atom stereocenters. The minimum Gasteiger partial charge on any atom is -0.357 e. The molecule has 0 bridgehead atoms. The Kier molecular flexibility index (Phi) is 13.9. The maximum absolute atomic E-state index is 6.42. The Bertz CT molecular complexity index is 460. The third-order valence-electron chi connectivity index (χ3n) is 5.08. The zero-order chi connectivity index (χ0) is 24.2. The van der Waals surface area contributed by atoms with Crippen LogP contribution in [0.2, 0.25) is 0 Å². The third kappa shape index (κ3) is 8.88. The highest BCUT2D eigenvalue weighted by molar-refractivity contribution is 6.62. The van der Waals surface area contributed by atoms with Crippen molar-refractivity contribution in [3.63, 3.8) is 0 Å². The lowest BCUT2D eigenvalue weighted by atomic mass is 10.3. The van der Waals surface area contributed by atoms with E-state index in [0.29, 0.717) is 32.5 Å². The van der Waals surface area contributed by atoms with Gasteiger partial charge in [-0.2, -0.15) is 0 Å². The number of rotatable bonds is 17. The first-order chi connectivity index (χ1) is 15.2. The highest BCUT2D eigenvalue weighted by atomic mass is 28.4. The van der Waals surface area contributed by atoms with Gasteiger partial charge in [0.25, 0.3) is 5.97 Å². The molecule has 0 radical (unpaired) electrons. The van der Waals surface area contributed by atoms with Crippen LogP contribution in [0.4, 0.5) is 0 Å². The summed E-state index contributed by atoms with van der Waals surface area (Å²) in [5.74, 6) is -1.14. The molecule has 1 saturated heterocycles. The van der Waals surface area contributed by atoms with E-state index in [1.165, 1.54) is 0 Å². The Balaban J connectivity index is 3.21. The fraction of sp³-hybridized carbons (Fsp3) is 1.00. The van der Waals surface area contributed by atoms with E-state index in [1.807, 2.05) is 20.8 Å². The summed E-state index contributed by atoms with van der Waals surface area (Å²) in [6.45, 7) is 12.3. The summed E-state index contributed by atoms with van der Waals surface area (Å²) in [5.41, 5.74) is -0.599. The van der Waals surface area contributed by atoms with Crippen molar-refractivity contribution in [2.45, 2.75) is 104 Å². The molecule has 0 aromatic rings. The highest BCUT2D eigenvalue weighted by Crippen LogP contribution is 2.31. The van der Waals surface area contributed by atoms with E-state index < -0.39 is 45.7 Å². The van der Waals surface area contributed by atoms with Gasteiger partial charge in [-0.15, -0.1) is 0 Å². The van der Waals surface area contributed by atoms with Crippen molar-refractivity contribution in [3.8, 4) is 0 Å². The zero-order valence-corrected chi connectivity index (χ0v) is 22.2. The summed E-state index contributed by atoms with van der Waals surface area (Å²) >= 11 is 0. The van der Waals surface area contributed by atoms with Crippen molar-refractivity contribution in [2.75, 3.05) is 34.5 Å². The second-order valence-electron chi connectivity index (χ2n) is 7.44. The van der Waals surface area contributed by atoms with Crippen LogP contribution in [-0.2, 0) is 46.4 Å². The molecule has 10 nitrogen and oxygen atoms in total. The molecule has 1 rings (SSSR count). The predicted molar refractivity (Wildman–Crippen MR) is 118 cm³/mol. The van der Waals surface area contributed by atoms with Gasteiger partial charge in [-0.3, -0.25) is 4.74 Å². The Labute approximate surface area is 194 Å². The molecule has 1 aliphatic rings. The topological polar surface area (TPSA) is 92.3 Å². The maximum Gasteiger partial charge on any atom is 0.537 e. The molecular weight excluding hydrogens is 440 g/mol. The summed E-state index contributed by atoms with van der Waals surface area (Å²) in [6.07, 6.45) is -0.0522. The molecule has 32 heavy (non-hydrogen) atoms. The van der Waals surface area contributed by atoms with E-state index in [2.05, 4.69) is 0 Å². The first-order valence-electron chi connectivity index (χ1n) is 11.5. The van der Waals surface area contributed by atoms with Crippen LogP contribution in [0.1, 0.15) is 67.2 Å². The van der Waals surface area contributed by atoms with Crippen LogP contribution in [0.5, 0.6) is 0 Å². The second-order valence-corrected chi connectivity index (χ2v) is 10.0. The van der Waals surface area contributed by atoms with Gasteiger partial charge in [-0.25, -0.2) is 0 Å². The van der Waals surface area contributed by atoms with Gasteiger partial charge in [0.05, 0.1) is 13.2 Å². The molecular formula is C21H44O10Si. The summed E-state index contributed by atoms with van der Waals surface area (Å²) < 4.78 is 59.1. The smallest absolute Gasteiger partial charge is 0.357 e. The average Bonchev–Trinajstić information content (AvgIpc) is 2.81. The molecule has 0 spiro atoms. The molecule has 192 valence electrons. The summed E-state index contributed by atoms with van der Waals surface area (Å²) in [5, 5.41) is 0. The monoisotopic (exact) mass is 484 g/mol. The van der Waals surface area contributed by atoms with Crippen LogP contribution in [-0.4, -0.2) is 80.2 Å². The first-order valence-corrected chi connectivity index (χ1v) is 13.3. The van der Waals surface area contributed by atoms with Crippen LogP contribution in [0, 0.1) is 0 Å². The molecule has 0 aromatic heterocycles. The minimum atomic E-state index is -3.62. The fourth-order valence-electron chi connectivity index (χ4n) is 3.08. The Morgan fingerprint density at radius 3 is 1.59 bits per heavy atom. The summed E-state index contributed by atoms with van der Waals surface area (Å²) in [4.78, 5) is 0. The van der Waals surface area contributed by atoms with Crippen LogP contribution in [0.15, 0.2) is 0 Å². The van der Waals surface area contributed by atoms with Crippen LogP contribution in [0.25, 0.3) is 0 Å². The van der Waals surface area contributed by atoms with E-state index in [9.17, 15) is 0 Å². The molecule has 0 aromatic carbocycles. The lowest BCUT2D eigenvalue weighted by molar-refractivity contribution is -0.436. The van der Waals surface area contributed by atoms with Crippen LogP contribution < -0.4 is 0 Å². The molecule has 1 aliphatic heterocycles. The van der Waals surface area contributed by atoms with Gasteiger partial charge in [0, 0.05) is 27.8 Å². The Morgan fingerprint density at radius 1 is 0.781 bits per heavy atom. The zero-order valence-electron chi connectivity index (χ0n) is 21.2. The largest absolute Gasteiger partial charge is 0.537 e. The predicted octanol–water partition coefficient (Wildman–Crippen LogP) is 3.54. The standard InChI is InChI=1S/C21H44O10Si/c1-10-19(28-21(12-3)25-14-13-15-26-21)27-20(11-2)32(29-16(4)22-7,30-17(5)23-8)31-18(6)24-9/h16-20H,10-15H2,1-9H3. The van der Waals surface area contributed by atoms with E-state index in [0.717, 1.165) is 6.42 Å². The molecule has 0 saturated carbocycles. The Morgan fingerprint density at radius 2 is 1.25 bits per heavy atom. The second kappa shape index (κ2) is 14.9. The lowest BCUT2D eigenvalue weighted by Gasteiger charge is -2.42. The SMILES string of the molecule is CCC(OC(CC)[Si](OC(C)OC)(OC(C)OC)OC(C)OC)OC1(CC)OCCCO1. The summed E-state index contributed by atoms with van der Waals surface area (Å²) in [6, 6.07) is 0. The molecule has 0 aliphatic carbocycles. The molecule has 1 heterocycles. The molecule has 0 N–H and O–H groups in total. The minimum absolute atomic E-state index is 0.524. The molecule has 1 fully saturated rings. The summed E-state index contributed by atoms with van der Waals surface area (Å²) in [7, 11) is 1.03. The maximum atomic E-state index is 6.42. The number of ether oxygens (including phenoxy) is 7. The van der Waals surface area contributed by atoms with Gasteiger partial charge in [0.1, 0.15) is 24.6 Å². The van der Waals surface area contributed by atoms with E-state index in [4.69, 9.17) is 46.4 Å². The van der Waals surface area contributed by atoms with Gasteiger partial charge in [0.15, 0.2) is 6.29 Å². The molecule has 11 heteroatoms. The number of methoxy groups -OCH3 is 3. The van der Waals surface area contributed by atoms with E-state index in [-0.39, 0.29) is 0 Å². The van der Waals surface area contributed by atoms with Crippen molar-refractivity contribution in [2.24, 2.45) is 0 Å². The average molecular weight is 485 g/mol. The highest BCUT2D eigenvalue weighted by Gasteiger charge is 2.55. The van der Waals surface area contributed by atoms with Crippen molar-refractivity contribution in [1.29, 1.82) is 0 Å². The van der Waals surface area contributed by atoms with Gasteiger partial charge >= 0.3 is 8.80 Å². The fourth-order valence-corrected chi connectivity index (χ4v) is 6.20. The van der Waals surface area contributed by atoms with Crippen molar-refractivity contribution < 1.29 is 46.4 Å². The number of hydrogen-bond acceptors (Lipinski definition) is 10.